The van der Waals surface area contributed by atoms with Gasteiger partial charge in [0, 0.05) is 16.3 Å². The van der Waals surface area contributed by atoms with E-state index in [4.69, 9.17) is 11.6 Å². The Hall–Kier alpha value is -1.35. The average Bonchev–Trinajstić information content (AvgIpc) is 2.89. The Morgan fingerprint density at radius 3 is 2.84 bits per heavy atom. The maximum Gasteiger partial charge on any atom is 0.0457 e. The van der Waals surface area contributed by atoms with Crippen LogP contribution in [0.25, 0.3) is 21.2 Å². The average molecular weight is 288 g/mol. The van der Waals surface area contributed by atoms with Gasteiger partial charge in [0.15, 0.2) is 0 Å². The molecule has 1 nitrogen and oxygen atoms in total. The topological polar surface area (TPSA) is 12.0 Å². The number of fused-ring (bicyclic) bond motifs is 1. The molecule has 0 saturated heterocycles. The molecule has 3 heteroatoms. The molecule has 1 heterocycles. The highest BCUT2D eigenvalue weighted by Crippen LogP contribution is 2.34. The van der Waals surface area contributed by atoms with Crippen LogP contribution in [0.1, 0.15) is 5.56 Å². The van der Waals surface area contributed by atoms with Crippen LogP contribution in [-0.4, -0.2) is 7.05 Å². The summed E-state index contributed by atoms with van der Waals surface area (Å²) in [6.07, 6.45) is 0. The molecule has 0 atom stereocenters. The molecule has 1 N–H and O–H groups in total. The zero-order valence-corrected chi connectivity index (χ0v) is 12.2. The Balaban J connectivity index is 2.11. The maximum absolute atomic E-state index is 6.35. The third-order valence-electron chi connectivity index (χ3n) is 3.21. The zero-order valence-electron chi connectivity index (χ0n) is 10.6. The normalized spacial score (nSPS) is 11.1. The summed E-state index contributed by atoms with van der Waals surface area (Å²) in [5, 5.41) is 7.37. The van der Waals surface area contributed by atoms with Gasteiger partial charge in [0.25, 0.3) is 0 Å². The highest BCUT2D eigenvalue weighted by molar-refractivity contribution is 7.17. The van der Waals surface area contributed by atoms with Gasteiger partial charge >= 0.3 is 0 Å². The summed E-state index contributed by atoms with van der Waals surface area (Å²) in [5.41, 5.74) is 3.56. The Labute approximate surface area is 121 Å². The van der Waals surface area contributed by atoms with E-state index >= 15 is 0 Å². The summed E-state index contributed by atoms with van der Waals surface area (Å²) in [7, 11) is 1.93. The number of thiophene rings is 1. The van der Waals surface area contributed by atoms with Gasteiger partial charge in [-0.05, 0) is 46.6 Å². The quantitative estimate of drug-likeness (QED) is 0.719. The van der Waals surface area contributed by atoms with E-state index in [1.165, 1.54) is 21.2 Å². The number of rotatable bonds is 3. The molecule has 0 aliphatic rings. The van der Waals surface area contributed by atoms with E-state index in [0.717, 1.165) is 17.1 Å². The Kier molecular flexibility index (Phi) is 3.56. The van der Waals surface area contributed by atoms with Crippen molar-refractivity contribution in [2.24, 2.45) is 0 Å². The van der Waals surface area contributed by atoms with E-state index in [-0.39, 0.29) is 0 Å². The predicted octanol–water partition coefficient (Wildman–Crippen LogP) is 4.94. The minimum absolute atomic E-state index is 0.794. The molecule has 96 valence electrons. The van der Waals surface area contributed by atoms with Crippen molar-refractivity contribution < 1.29 is 0 Å². The lowest BCUT2D eigenvalue weighted by atomic mass is 10.0. The van der Waals surface area contributed by atoms with E-state index in [1.54, 1.807) is 11.3 Å². The van der Waals surface area contributed by atoms with Crippen molar-refractivity contribution in [3.8, 4) is 11.1 Å². The SMILES string of the molecule is CNCc1ccc(-c2cccc3ccsc23)cc1Cl. The molecule has 0 radical (unpaired) electrons. The van der Waals surface area contributed by atoms with Crippen molar-refractivity contribution in [3.05, 3.63) is 58.4 Å². The first-order chi connectivity index (χ1) is 9.29. The van der Waals surface area contributed by atoms with Gasteiger partial charge < -0.3 is 5.32 Å². The highest BCUT2D eigenvalue weighted by atomic mass is 35.5. The van der Waals surface area contributed by atoms with Crippen LogP contribution in [0.3, 0.4) is 0 Å². The fourth-order valence-electron chi connectivity index (χ4n) is 2.27. The van der Waals surface area contributed by atoms with Crippen LogP contribution >= 0.6 is 22.9 Å². The summed E-state index contributed by atoms with van der Waals surface area (Å²) in [6.45, 7) is 0.794. The summed E-state index contributed by atoms with van der Waals surface area (Å²) in [4.78, 5) is 0. The first-order valence-electron chi connectivity index (χ1n) is 6.19. The molecule has 0 aliphatic carbocycles. The van der Waals surface area contributed by atoms with Gasteiger partial charge in [-0.15, -0.1) is 11.3 Å². The molecule has 0 unspecified atom stereocenters. The number of nitrogens with one attached hydrogen (secondary N) is 1. The van der Waals surface area contributed by atoms with Crippen molar-refractivity contribution in [1.29, 1.82) is 0 Å². The molecule has 3 aromatic rings. The van der Waals surface area contributed by atoms with E-state index < -0.39 is 0 Å². The van der Waals surface area contributed by atoms with Crippen molar-refractivity contribution in [2.75, 3.05) is 7.05 Å². The van der Waals surface area contributed by atoms with Gasteiger partial charge in [0.05, 0.1) is 0 Å². The molecule has 0 bridgehead atoms. The lowest BCUT2D eigenvalue weighted by Gasteiger charge is -2.08. The van der Waals surface area contributed by atoms with E-state index in [1.807, 2.05) is 7.05 Å². The molecular weight excluding hydrogens is 274 g/mol. The van der Waals surface area contributed by atoms with Crippen LogP contribution in [0.15, 0.2) is 47.8 Å². The Bertz CT molecular complexity index is 718. The van der Waals surface area contributed by atoms with Crippen LogP contribution in [0.4, 0.5) is 0 Å². The number of hydrogen-bond acceptors (Lipinski definition) is 2. The zero-order chi connectivity index (χ0) is 13.2. The predicted molar refractivity (Wildman–Crippen MR) is 85.0 cm³/mol. The largest absolute Gasteiger partial charge is 0.316 e. The molecule has 0 spiro atoms. The molecular formula is C16H14ClNS. The van der Waals surface area contributed by atoms with Gasteiger partial charge in [-0.1, -0.05) is 41.9 Å². The van der Waals surface area contributed by atoms with Gasteiger partial charge in [0.1, 0.15) is 0 Å². The first kappa shape index (κ1) is 12.7. The molecule has 0 saturated carbocycles. The molecule has 3 rings (SSSR count). The molecule has 0 aliphatic heterocycles. The fourth-order valence-corrected chi connectivity index (χ4v) is 3.45. The summed E-state index contributed by atoms with van der Waals surface area (Å²) in [5.74, 6) is 0. The van der Waals surface area contributed by atoms with E-state index in [0.29, 0.717) is 0 Å². The Morgan fingerprint density at radius 2 is 2.05 bits per heavy atom. The van der Waals surface area contributed by atoms with Gasteiger partial charge in [-0.2, -0.15) is 0 Å². The Morgan fingerprint density at radius 1 is 1.16 bits per heavy atom. The smallest absolute Gasteiger partial charge is 0.0457 e. The maximum atomic E-state index is 6.35. The minimum atomic E-state index is 0.794. The van der Waals surface area contributed by atoms with Gasteiger partial charge in [0.2, 0.25) is 0 Å². The van der Waals surface area contributed by atoms with Crippen molar-refractivity contribution in [1.82, 2.24) is 5.32 Å². The summed E-state index contributed by atoms with van der Waals surface area (Å²) >= 11 is 8.12. The minimum Gasteiger partial charge on any atom is -0.316 e. The second-order valence-electron chi connectivity index (χ2n) is 4.48. The van der Waals surface area contributed by atoms with Crippen LogP contribution in [-0.2, 0) is 6.54 Å². The lowest BCUT2D eigenvalue weighted by molar-refractivity contribution is 0.818. The summed E-state index contributed by atoms with van der Waals surface area (Å²) < 4.78 is 1.32. The molecule has 0 fully saturated rings. The second-order valence-corrected chi connectivity index (χ2v) is 5.80. The van der Waals surface area contributed by atoms with Crippen molar-refractivity contribution in [3.63, 3.8) is 0 Å². The third kappa shape index (κ3) is 2.39. The lowest BCUT2D eigenvalue weighted by Crippen LogP contribution is -2.05. The monoisotopic (exact) mass is 287 g/mol. The molecule has 0 amide bonds. The van der Waals surface area contributed by atoms with E-state index in [9.17, 15) is 0 Å². The molecule has 19 heavy (non-hydrogen) atoms. The highest BCUT2D eigenvalue weighted by Gasteiger charge is 2.07. The van der Waals surface area contributed by atoms with Crippen molar-refractivity contribution in [2.45, 2.75) is 6.54 Å². The van der Waals surface area contributed by atoms with Crippen LogP contribution in [0.5, 0.6) is 0 Å². The van der Waals surface area contributed by atoms with Crippen LogP contribution in [0.2, 0.25) is 5.02 Å². The van der Waals surface area contributed by atoms with Crippen LogP contribution < -0.4 is 5.32 Å². The standard InChI is InChI=1S/C16H14ClNS/c1-18-10-13-6-5-12(9-15(13)17)14-4-2-3-11-7-8-19-16(11)14/h2-9,18H,10H2,1H3. The number of halogens is 1. The van der Waals surface area contributed by atoms with Crippen LogP contribution in [0, 0.1) is 0 Å². The number of hydrogen-bond donors (Lipinski definition) is 1. The first-order valence-corrected chi connectivity index (χ1v) is 7.45. The van der Waals surface area contributed by atoms with E-state index in [2.05, 4.69) is 53.2 Å². The van der Waals surface area contributed by atoms with Gasteiger partial charge in [-0.25, -0.2) is 0 Å². The van der Waals surface area contributed by atoms with Gasteiger partial charge in [-0.3, -0.25) is 0 Å². The molecule has 1 aromatic heterocycles. The third-order valence-corrected chi connectivity index (χ3v) is 4.53. The summed E-state index contributed by atoms with van der Waals surface area (Å²) in [6, 6.07) is 14.9. The number of benzene rings is 2. The second kappa shape index (κ2) is 5.33. The molecule has 2 aromatic carbocycles. The fraction of sp³-hybridized carbons (Fsp3) is 0.125. The van der Waals surface area contributed by atoms with Crippen molar-refractivity contribution >= 4 is 33.0 Å².